The van der Waals surface area contributed by atoms with Gasteiger partial charge in [-0.1, -0.05) is 30.3 Å². The number of imidazole rings is 1. The highest BCUT2D eigenvalue weighted by atomic mass is 32.1. The Morgan fingerprint density at radius 2 is 2.19 bits per heavy atom. The number of carbonyl (C=O) groups is 1. The molecule has 136 valence electrons. The minimum atomic E-state index is 0.0575. The summed E-state index contributed by atoms with van der Waals surface area (Å²) in [5, 5.41) is 1.98. The van der Waals surface area contributed by atoms with Crippen molar-refractivity contribution in [2.45, 2.75) is 25.3 Å². The zero-order chi connectivity index (χ0) is 17.9. The molecule has 0 radical (unpaired) electrons. The van der Waals surface area contributed by atoms with Crippen molar-refractivity contribution in [3.8, 4) is 0 Å². The number of likely N-dealkylation sites (tertiary alicyclic amines) is 1. The molecule has 3 aromatic rings. The SMILES string of the molecule is CN(CCc1ccccc1)C1CCCN(C(=O)c2cn3ccsc3n2)C1. The highest BCUT2D eigenvalue weighted by Crippen LogP contribution is 2.19. The van der Waals surface area contributed by atoms with Crippen molar-refractivity contribution in [2.24, 2.45) is 0 Å². The quantitative estimate of drug-likeness (QED) is 0.695. The molecule has 4 rings (SSSR count). The van der Waals surface area contributed by atoms with Gasteiger partial charge in [0.25, 0.3) is 5.91 Å². The third-order valence-corrected chi connectivity index (χ3v) is 5.99. The highest BCUT2D eigenvalue weighted by molar-refractivity contribution is 7.15. The number of thiazole rings is 1. The lowest BCUT2D eigenvalue weighted by molar-refractivity contribution is 0.0606. The molecule has 3 heterocycles. The van der Waals surface area contributed by atoms with Gasteiger partial charge < -0.3 is 9.80 Å². The van der Waals surface area contributed by atoms with Crippen LogP contribution in [0.4, 0.5) is 0 Å². The zero-order valence-electron chi connectivity index (χ0n) is 15.0. The molecule has 0 aliphatic carbocycles. The Kier molecular flexibility index (Phi) is 5.04. The van der Waals surface area contributed by atoms with Gasteiger partial charge in [-0.3, -0.25) is 9.20 Å². The summed E-state index contributed by atoms with van der Waals surface area (Å²) in [5.41, 5.74) is 1.92. The Morgan fingerprint density at radius 1 is 1.35 bits per heavy atom. The molecule has 2 aromatic heterocycles. The molecule has 6 heteroatoms. The molecule has 26 heavy (non-hydrogen) atoms. The predicted molar refractivity (Wildman–Crippen MR) is 105 cm³/mol. The van der Waals surface area contributed by atoms with Crippen LogP contribution in [0.5, 0.6) is 0 Å². The summed E-state index contributed by atoms with van der Waals surface area (Å²) >= 11 is 1.56. The molecule has 1 fully saturated rings. The van der Waals surface area contributed by atoms with Crippen molar-refractivity contribution in [3.05, 3.63) is 59.4 Å². The van der Waals surface area contributed by atoms with E-state index in [4.69, 9.17) is 0 Å². The molecule has 1 amide bonds. The van der Waals surface area contributed by atoms with Crippen LogP contribution in [-0.2, 0) is 6.42 Å². The second-order valence-electron chi connectivity index (χ2n) is 6.98. The summed E-state index contributed by atoms with van der Waals surface area (Å²) < 4.78 is 1.92. The molecule has 1 atom stereocenters. The Labute approximate surface area is 157 Å². The van der Waals surface area contributed by atoms with Gasteiger partial charge in [0.15, 0.2) is 4.96 Å². The first kappa shape index (κ1) is 17.2. The van der Waals surface area contributed by atoms with Crippen LogP contribution in [-0.4, -0.2) is 57.8 Å². The topological polar surface area (TPSA) is 40.9 Å². The van der Waals surface area contributed by atoms with Gasteiger partial charge in [0.05, 0.1) is 0 Å². The molecular formula is C20H24N4OS. The van der Waals surface area contributed by atoms with Crippen LogP contribution in [0.3, 0.4) is 0 Å². The molecule has 0 spiro atoms. The maximum absolute atomic E-state index is 12.9. The third kappa shape index (κ3) is 3.66. The molecule has 0 saturated carbocycles. The first-order valence-corrected chi connectivity index (χ1v) is 10.0. The zero-order valence-corrected chi connectivity index (χ0v) is 15.9. The third-order valence-electron chi connectivity index (χ3n) is 5.22. The number of nitrogens with zero attached hydrogens (tertiary/aromatic N) is 4. The summed E-state index contributed by atoms with van der Waals surface area (Å²) in [4.78, 5) is 22.6. The van der Waals surface area contributed by atoms with Gasteiger partial charge in [0, 0.05) is 43.4 Å². The normalized spacial score (nSPS) is 17.9. The first-order valence-electron chi connectivity index (χ1n) is 9.16. The molecule has 0 bridgehead atoms. The molecule has 5 nitrogen and oxygen atoms in total. The highest BCUT2D eigenvalue weighted by Gasteiger charge is 2.28. The number of carbonyl (C=O) groups excluding carboxylic acids is 1. The number of aromatic nitrogens is 2. The van der Waals surface area contributed by atoms with Crippen LogP contribution in [0, 0.1) is 0 Å². The minimum absolute atomic E-state index is 0.0575. The van der Waals surface area contributed by atoms with Crippen LogP contribution < -0.4 is 0 Å². The predicted octanol–water partition coefficient (Wildman–Crippen LogP) is 3.17. The van der Waals surface area contributed by atoms with Crippen molar-refractivity contribution >= 4 is 22.2 Å². The van der Waals surface area contributed by atoms with Crippen LogP contribution in [0.2, 0.25) is 0 Å². The summed E-state index contributed by atoms with van der Waals surface area (Å²) in [6, 6.07) is 11.0. The molecule has 1 aromatic carbocycles. The summed E-state index contributed by atoms with van der Waals surface area (Å²) in [5.74, 6) is 0.0575. The van der Waals surface area contributed by atoms with Crippen LogP contribution >= 0.6 is 11.3 Å². The Morgan fingerprint density at radius 3 is 3.00 bits per heavy atom. The van der Waals surface area contributed by atoms with Crippen molar-refractivity contribution in [1.82, 2.24) is 19.2 Å². The van der Waals surface area contributed by atoms with E-state index >= 15 is 0 Å². The van der Waals surface area contributed by atoms with Gasteiger partial charge in [0.2, 0.25) is 0 Å². The number of rotatable bonds is 5. The molecule has 1 aliphatic rings. The van der Waals surface area contributed by atoms with Gasteiger partial charge in [-0.15, -0.1) is 11.3 Å². The lowest BCUT2D eigenvalue weighted by Crippen LogP contribution is -2.49. The smallest absolute Gasteiger partial charge is 0.274 e. The van der Waals surface area contributed by atoms with Gasteiger partial charge >= 0.3 is 0 Å². The van der Waals surface area contributed by atoms with Crippen molar-refractivity contribution in [3.63, 3.8) is 0 Å². The van der Waals surface area contributed by atoms with E-state index in [1.54, 1.807) is 11.3 Å². The van der Waals surface area contributed by atoms with E-state index in [0.29, 0.717) is 11.7 Å². The lowest BCUT2D eigenvalue weighted by atomic mass is 10.0. The minimum Gasteiger partial charge on any atom is -0.336 e. The second-order valence-corrected chi connectivity index (χ2v) is 7.86. The average Bonchev–Trinajstić information content (AvgIpc) is 3.28. The first-order chi connectivity index (χ1) is 12.7. The standard InChI is InChI=1S/C20H24N4OS/c1-22(11-9-16-6-3-2-4-7-16)17-8-5-10-23(14-17)19(25)18-15-24-12-13-26-20(24)21-18/h2-4,6-7,12-13,15,17H,5,8-11,14H2,1H3. The van der Waals surface area contributed by atoms with E-state index in [1.165, 1.54) is 5.56 Å². The number of fused-ring (bicyclic) bond motifs is 1. The number of piperidine rings is 1. The average molecular weight is 369 g/mol. The molecule has 1 aliphatic heterocycles. The fourth-order valence-electron chi connectivity index (χ4n) is 3.62. The number of likely N-dealkylation sites (N-methyl/N-ethyl adjacent to an activating group) is 1. The molecular weight excluding hydrogens is 344 g/mol. The van der Waals surface area contributed by atoms with Crippen LogP contribution in [0.15, 0.2) is 48.1 Å². The number of hydrogen-bond donors (Lipinski definition) is 0. The van der Waals surface area contributed by atoms with Gasteiger partial charge in [-0.05, 0) is 31.9 Å². The number of hydrogen-bond acceptors (Lipinski definition) is 4. The van der Waals surface area contributed by atoms with Gasteiger partial charge in [-0.2, -0.15) is 0 Å². The van der Waals surface area contributed by atoms with Crippen molar-refractivity contribution < 1.29 is 4.79 Å². The van der Waals surface area contributed by atoms with Crippen molar-refractivity contribution in [2.75, 3.05) is 26.7 Å². The summed E-state index contributed by atoms with van der Waals surface area (Å²) in [7, 11) is 2.17. The van der Waals surface area contributed by atoms with Gasteiger partial charge in [0.1, 0.15) is 5.69 Å². The fraction of sp³-hybridized carbons (Fsp3) is 0.400. The van der Waals surface area contributed by atoms with E-state index in [1.807, 2.05) is 27.1 Å². The van der Waals surface area contributed by atoms with Gasteiger partial charge in [-0.25, -0.2) is 4.98 Å². The Bertz CT molecular complexity index is 844. The van der Waals surface area contributed by atoms with E-state index in [-0.39, 0.29) is 5.91 Å². The summed E-state index contributed by atoms with van der Waals surface area (Å²) in [6.45, 7) is 2.62. The Hall–Kier alpha value is -2.18. The van der Waals surface area contributed by atoms with E-state index in [2.05, 4.69) is 47.3 Å². The second kappa shape index (κ2) is 7.60. The van der Waals surface area contributed by atoms with E-state index < -0.39 is 0 Å². The largest absolute Gasteiger partial charge is 0.336 e. The maximum Gasteiger partial charge on any atom is 0.274 e. The van der Waals surface area contributed by atoms with Crippen LogP contribution in [0.1, 0.15) is 28.9 Å². The number of amides is 1. The molecule has 1 unspecified atom stereocenters. The molecule has 1 saturated heterocycles. The van der Waals surface area contributed by atoms with Crippen molar-refractivity contribution in [1.29, 1.82) is 0 Å². The summed E-state index contributed by atoms with van der Waals surface area (Å²) in [6.07, 6.45) is 7.03. The van der Waals surface area contributed by atoms with E-state index in [9.17, 15) is 4.79 Å². The number of benzene rings is 1. The maximum atomic E-state index is 12.9. The van der Waals surface area contributed by atoms with E-state index in [0.717, 1.165) is 43.9 Å². The fourth-order valence-corrected chi connectivity index (χ4v) is 4.32. The monoisotopic (exact) mass is 368 g/mol. The molecule has 0 N–H and O–H groups in total. The lowest BCUT2D eigenvalue weighted by Gasteiger charge is -2.37. The Balaban J connectivity index is 1.37. The van der Waals surface area contributed by atoms with Crippen LogP contribution in [0.25, 0.3) is 4.96 Å².